The zero-order valence-corrected chi connectivity index (χ0v) is 24.4. The summed E-state index contributed by atoms with van der Waals surface area (Å²) in [6.07, 6.45) is 3.79. The van der Waals surface area contributed by atoms with E-state index in [0.717, 1.165) is 38.9 Å². The van der Waals surface area contributed by atoms with Gasteiger partial charge in [-0.2, -0.15) is 0 Å². The van der Waals surface area contributed by atoms with E-state index >= 15 is 0 Å². The molecule has 0 bridgehead atoms. The predicted molar refractivity (Wildman–Crippen MR) is 157 cm³/mol. The number of amides is 1. The highest BCUT2D eigenvalue weighted by atomic mass is 16.5. The van der Waals surface area contributed by atoms with Crippen molar-refractivity contribution in [3.05, 3.63) is 59.2 Å². The fourth-order valence-corrected chi connectivity index (χ4v) is 5.29. The molecule has 4 rings (SSSR count). The van der Waals surface area contributed by atoms with Crippen molar-refractivity contribution < 1.29 is 33.6 Å². The van der Waals surface area contributed by atoms with Crippen LogP contribution in [0.5, 0.6) is 17.2 Å². The summed E-state index contributed by atoms with van der Waals surface area (Å²) in [6.45, 7) is 9.34. The highest BCUT2D eigenvalue weighted by molar-refractivity contribution is 6.46. The van der Waals surface area contributed by atoms with Crippen molar-refractivity contribution in [3.8, 4) is 17.2 Å². The lowest BCUT2D eigenvalue weighted by molar-refractivity contribution is -0.140. The molecule has 2 heterocycles. The number of ether oxygens (including phenoxy) is 4. The molecule has 222 valence electrons. The number of hydrogen-bond donors (Lipinski definition) is 1. The standard InChI is InChI=1S/C32H42N2O7/c1-4-6-7-19-41-26-14-11-24(22-27(26)38-3)29-28(30(35)23-9-12-25(13-10-23)40-5-2)31(36)32(37)34(29)16-8-15-33-17-20-39-21-18-33/h9-14,22,29,35H,4-8,15-21H2,1-3H3. The van der Waals surface area contributed by atoms with Gasteiger partial charge >= 0.3 is 0 Å². The maximum atomic E-state index is 13.5. The van der Waals surface area contributed by atoms with E-state index in [4.69, 9.17) is 18.9 Å². The highest BCUT2D eigenvalue weighted by Crippen LogP contribution is 2.42. The molecule has 2 aromatic carbocycles. The zero-order valence-electron chi connectivity index (χ0n) is 24.4. The third-order valence-electron chi connectivity index (χ3n) is 7.46. The van der Waals surface area contributed by atoms with Gasteiger partial charge in [0, 0.05) is 31.7 Å². The Balaban J connectivity index is 1.67. The molecule has 2 aliphatic heterocycles. The number of carbonyl (C=O) groups excluding carboxylic acids is 2. The second-order valence-corrected chi connectivity index (χ2v) is 10.2. The van der Waals surface area contributed by atoms with Crippen molar-refractivity contribution in [2.24, 2.45) is 0 Å². The first-order valence-corrected chi connectivity index (χ1v) is 14.6. The first-order chi connectivity index (χ1) is 20.0. The number of rotatable bonds is 14. The van der Waals surface area contributed by atoms with Crippen LogP contribution in [0.2, 0.25) is 0 Å². The molecular formula is C32H42N2O7. The Morgan fingerprint density at radius 2 is 1.71 bits per heavy atom. The van der Waals surface area contributed by atoms with Gasteiger partial charge in [0.15, 0.2) is 11.5 Å². The van der Waals surface area contributed by atoms with Crippen molar-refractivity contribution >= 4 is 17.4 Å². The molecule has 2 fully saturated rings. The van der Waals surface area contributed by atoms with Crippen LogP contribution in [0.1, 0.15) is 56.7 Å². The fourth-order valence-electron chi connectivity index (χ4n) is 5.29. The van der Waals surface area contributed by atoms with Gasteiger partial charge in [0.1, 0.15) is 11.5 Å². The van der Waals surface area contributed by atoms with Crippen molar-refractivity contribution in [1.29, 1.82) is 0 Å². The number of hydrogen-bond acceptors (Lipinski definition) is 8. The lowest BCUT2D eigenvalue weighted by atomic mass is 9.95. The van der Waals surface area contributed by atoms with E-state index in [0.29, 0.717) is 67.8 Å². The fraction of sp³-hybridized carbons (Fsp3) is 0.500. The molecule has 1 atom stereocenters. The van der Waals surface area contributed by atoms with Gasteiger partial charge in [-0.05, 0) is 61.7 Å². The van der Waals surface area contributed by atoms with Crippen molar-refractivity contribution in [3.63, 3.8) is 0 Å². The number of ketones is 1. The molecule has 1 N–H and O–H groups in total. The van der Waals surface area contributed by atoms with Gasteiger partial charge in [-0.3, -0.25) is 14.5 Å². The van der Waals surface area contributed by atoms with E-state index < -0.39 is 17.7 Å². The van der Waals surface area contributed by atoms with Crippen LogP contribution in [0.25, 0.3) is 5.76 Å². The number of likely N-dealkylation sites (tertiary alicyclic amines) is 1. The van der Waals surface area contributed by atoms with Crippen LogP contribution >= 0.6 is 0 Å². The van der Waals surface area contributed by atoms with Gasteiger partial charge in [0.2, 0.25) is 0 Å². The number of aliphatic hydroxyl groups excluding tert-OH is 1. The van der Waals surface area contributed by atoms with Crippen molar-refractivity contribution in [2.45, 2.75) is 45.6 Å². The molecule has 2 aliphatic rings. The number of benzene rings is 2. The summed E-state index contributed by atoms with van der Waals surface area (Å²) in [6, 6.07) is 11.5. The number of nitrogens with zero attached hydrogens (tertiary/aromatic N) is 2. The quantitative estimate of drug-likeness (QED) is 0.151. The van der Waals surface area contributed by atoms with E-state index in [2.05, 4.69) is 11.8 Å². The Hall–Kier alpha value is -3.56. The second-order valence-electron chi connectivity index (χ2n) is 10.2. The topological polar surface area (TPSA) is 97.8 Å². The average Bonchev–Trinajstić information content (AvgIpc) is 3.25. The number of carbonyl (C=O) groups is 2. The minimum Gasteiger partial charge on any atom is -0.507 e. The zero-order chi connectivity index (χ0) is 29.2. The molecule has 0 aliphatic carbocycles. The number of morpholine rings is 1. The predicted octanol–water partition coefficient (Wildman–Crippen LogP) is 4.81. The van der Waals surface area contributed by atoms with Crippen LogP contribution in [0.4, 0.5) is 0 Å². The molecular weight excluding hydrogens is 524 g/mol. The van der Waals surface area contributed by atoms with Crippen LogP contribution in [0.15, 0.2) is 48.0 Å². The normalized spacial score (nSPS) is 19.0. The molecule has 9 heteroatoms. The number of methoxy groups -OCH3 is 1. The molecule has 1 unspecified atom stereocenters. The summed E-state index contributed by atoms with van der Waals surface area (Å²) in [5.41, 5.74) is 1.16. The van der Waals surface area contributed by atoms with Gasteiger partial charge in [-0.25, -0.2) is 0 Å². The lowest BCUT2D eigenvalue weighted by Gasteiger charge is -2.29. The van der Waals surface area contributed by atoms with E-state index in [9.17, 15) is 14.7 Å². The Labute approximate surface area is 242 Å². The summed E-state index contributed by atoms with van der Waals surface area (Å²) < 4.78 is 22.6. The maximum absolute atomic E-state index is 13.5. The monoisotopic (exact) mass is 566 g/mol. The summed E-state index contributed by atoms with van der Waals surface area (Å²) in [5.74, 6) is 0.228. The third-order valence-corrected chi connectivity index (χ3v) is 7.46. The van der Waals surface area contributed by atoms with Gasteiger partial charge in [-0.1, -0.05) is 25.8 Å². The van der Waals surface area contributed by atoms with E-state index in [1.54, 1.807) is 42.3 Å². The second kappa shape index (κ2) is 14.9. The Morgan fingerprint density at radius 3 is 2.39 bits per heavy atom. The minimum absolute atomic E-state index is 0.0594. The van der Waals surface area contributed by atoms with Gasteiger partial charge < -0.3 is 29.0 Å². The molecule has 0 spiro atoms. The van der Waals surface area contributed by atoms with E-state index in [-0.39, 0.29) is 11.3 Å². The molecule has 2 aromatic rings. The molecule has 0 saturated carbocycles. The van der Waals surface area contributed by atoms with Crippen LogP contribution < -0.4 is 14.2 Å². The summed E-state index contributed by atoms with van der Waals surface area (Å²) in [7, 11) is 1.57. The van der Waals surface area contributed by atoms with Gasteiger partial charge in [-0.15, -0.1) is 0 Å². The summed E-state index contributed by atoms with van der Waals surface area (Å²) >= 11 is 0. The smallest absolute Gasteiger partial charge is 0.295 e. The Bertz CT molecular complexity index is 1210. The van der Waals surface area contributed by atoms with E-state index in [1.165, 1.54) is 0 Å². The molecule has 1 amide bonds. The SMILES string of the molecule is CCCCCOc1ccc(C2C(=C(O)c3ccc(OCC)cc3)C(=O)C(=O)N2CCCN2CCOCC2)cc1OC. The third kappa shape index (κ3) is 7.40. The first kappa shape index (κ1) is 30.4. The maximum Gasteiger partial charge on any atom is 0.295 e. The first-order valence-electron chi connectivity index (χ1n) is 14.6. The summed E-state index contributed by atoms with van der Waals surface area (Å²) in [5, 5.41) is 11.4. The summed E-state index contributed by atoms with van der Waals surface area (Å²) in [4.78, 5) is 30.7. The Morgan fingerprint density at radius 1 is 0.951 bits per heavy atom. The van der Waals surface area contributed by atoms with Crippen LogP contribution in [-0.4, -0.2) is 86.3 Å². The number of Topliss-reactive ketones (excluding diaryl/α,β-unsaturated/α-hetero) is 1. The largest absolute Gasteiger partial charge is 0.507 e. The van der Waals surface area contributed by atoms with Crippen LogP contribution in [0, 0.1) is 0 Å². The van der Waals surface area contributed by atoms with E-state index in [1.807, 2.05) is 19.1 Å². The Kier molecular flexibility index (Phi) is 11.0. The van der Waals surface area contributed by atoms with Crippen molar-refractivity contribution in [1.82, 2.24) is 9.80 Å². The number of unbranched alkanes of at least 4 members (excludes halogenated alkanes) is 2. The average molecular weight is 567 g/mol. The van der Waals surface area contributed by atoms with Crippen LogP contribution in [0.3, 0.4) is 0 Å². The van der Waals surface area contributed by atoms with Gasteiger partial charge in [0.25, 0.3) is 11.7 Å². The van der Waals surface area contributed by atoms with Crippen molar-refractivity contribution in [2.75, 3.05) is 59.7 Å². The molecule has 9 nitrogen and oxygen atoms in total. The highest BCUT2D eigenvalue weighted by Gasteiger charge is 2.46. The van der Waals surface area contributed by atoms with Crippen LogP contribution in [-0.2, 0) is 14.3 Å². The molecule has 0 aromatic heterocycles. The molecule has 41 heavy (non-hydrogen) atoms. The molecule has 2 saturated heterocycles. The number of aliphatic hydroxyl groups is 1. The molecule has 0 radical (unpaired) electrons. The lowest BCUT2D eigenvalue weighted by Crippen LogP contribution is -2.39. The minimum atomic E-state index is -0.769. The van der Waals surface area contributed by atoms with Gasteiger partial charge in [0.05, 0.1) is 45.2 Å².